The second-order valence-corrected chi connectivity index (χ2v) is 6.51. The number of hydrogen-bond donors (Lipinski definition) is 1. The molecule has 2 aliphatic rings. The van der Waals surface area contributed by atoms with E-state index in [2.05, 4.69) is 54.4 Å². The average Bonchev–Trinajstić information content (AvgIpc) is 2.79. The molecule has 0 amide bonds. The number of piperidine rings is 1. The van der Waals surface area contributed by atoms with Crippen molar-refractivity contribution in [2.24, 2.45) is 0 Å². The highest BCUT2D eigenvalue weighted by Gasteiger charge is 2.24. The van der Waals surface area contributed by atoms with E-state index in [-0.39, 0.29) is 0 Å². The number of anilines is 1. The summed E-state index contributed by atoms with van der Waals surface area (Å²) in [5, 5.41) is 2.46. The Morgan fingerprint density at radius 1 is 1.20 bits per heavy atom. The predicted octanol–water partition coefficient (Wildman–Crippen LogP) is 2.95. The number of fused-ring (bicyclic) bond motifs is 1. The van der Waals surface area contributed by atoms with Crippen molar-refractivity contribution >= 4 is 5.69 Å². The Balaban J connectivity index is 1.64. The molecule has 1 saturated heterocycles. The van der Waals surface area contributed by atoms with Gasteiger partial charge in [-0.3, -0.25) is 5.43 Å². The zero-order valence-corrected chi connectivity index (χ0v) is 13.0. The number of hydrazine groups is 1. The molecule has 3 nitrogen and oxygen atoms in total. The van der Waals surface area contributed by atoms with Crippen molar-refractivity contribution in [3.05, 3.63) is 29.3 Å². The summed E-state index contributed by atoms with van der Waals surface area (Å²) in [7, 11) is 2.18. The largest absolute Gasteiger partial charge is 0.374 e. The number of likely N-dealkylation sites (N-methyl/N-ethyl adjacent to an activating group) is 1. The molecule has 2 heterocycles. The van der Waals surface area contributed by atoms with E-state index in [4.69, 9.17) is 0 Å². The van der Waals surface area contributed by atoms with Crippen LogP contribution in [0.15, 0.2) is 18.2 Å². The van der Waals surface area contributed by atoms with Gasteiger partial charge >= 0.3 is 0 Å². The lowest BCUT2D eigenvalue weighted by Crippen LogP contribution is -2.51. The molecule has 1 fully saturated rings. The smallest absolute Gasteiger partial charge is 0.0397 e. The van der Waals surface area contributed by atoms with Gasteiger partial charge in [-0.05, 0) is 50.3 Å². The molecule has 3 rings (SSSR count). The predicted molar refractivity (Wildman–Crippen MR) is 84.9 cm³/mol. The van der Waals surface area contributed by atoms with Crippen LogP contribution < -0.4 is 10.3 Å². The minimum absolute atomic E-state index is 0.652. The van der Waals surface area contributed by atoms with Gasteiger partial charge in [0.05, 0.1) is 0 Å². The van der Waals surface area contributed by atoms with Gasteiger partial charge in [0.25, 0.3) is 0 Å². The molecule has 0 spiro atoms. The molecule has 0 radical (unpaired) electrons. The highest BCUT2D eigenvalue weighted by molar-refractivity contribution is 5.58. The maximum atomic E-state index is 3.66. The number of rotatable bonds is 3. The number of hydrogen-bond acceptors (Lipinski definition) is 3. The molecule has 20 heavy (non-hydrogen) atoms. The summed E-state index contributed by atoms with van der Waals surface area (Å²) >= 11 is 0. The fourth-order valence-electron chi connectivity index (χ4n) is 3.65. The van der Waals surface area contributed by atoms with Gasteiger partial charge in [-0.1, -0.05) is 18.6 Å². The molecule has 1 aromatic rings. The van der Waals surface area contributed by atoms with Gasteiger partial charge in [0, 0.05) is 37.9 Å². The third-order valence-corrected chi connectivity index (χ3v) is 4.93. The first-order valence-corrected chi connectivity index (χ1v) is 8.00. The lowest BCUT2D eigenvalue weighted by molar-refractivity contribution is 0.0435. The van der Waals surface area contributed by atoms with Crippen LogP contribution in [0.25, 0.3) is 0 Å². The van der Waals surface area contributed by atoms with Crippen LogP contribution in [0.1, 0.15) is 44.2 Å². The quantitative estimate of drug-likeness (QED) is 0.913. The first-order valence-electron chi connectivity index (χ1n) is 8.00. The van der Waals surface area contributed by atoms with Crippen molar-refractivity contribution < 1.29 is 0 Å². The summed E-state index contributed by atoms with van der Waals surface area (Å²) in [6.07, 6.45) is 5.18. The number of nitrogens with one attached hydrogen (secondary N) is 1. The number of nitrogens with zero attached hydrogens (tertiary/aromatic N) is 2. The van der Waals surface area contributed by atoms with Gasteiger partial charge in [-0.25, -0.2) is 5.01 Å². The second-order valence-electron chi connectivity index (χ2n) is 6.51. The molecule has 1 aromatic carbocycles. The van der Waals surface area contributed by atoms with Crippen LogP contribution in [0.5, 0.6) is 0 Å². The minimum atomic E-state index is 0.652. The Labute approximate surface area is 122 Å². The van der Waals surface area contributed by atoms with Crippen molar-refractivity contribution in [3.8, 4) is 0 Å². The Hall–Kier alpha value is -1.06. The van der Waals surface area contributed by atoms with Gasteiger partial charge in [0.15, 0.2) is 0 Å². The van der Waals surface area contributed by atoms with Gasteiger partial charge in [-0.15, -0.1) is 0 Å². The fraction of sp³-hybridized carbons (Fsp3) is 0.647. The van der Waals surface area contributed by atoms with E-state index in [0.717, 1.165) is 13.1 Å². The average molecular weight is 273 g/mol. The van der Waals surface area contributed by atoms with Crippen LogP contribution in [0.3, 0.4) is 0 Å². The summed E-state index contributed by atoms with van der Waals surface area (Å²) in [6, 6.07) is 8.24. The van der Waals surface area contributed by atoms with E-state index in [9.17, 15) is 0 Å². The fourth-order valence-corrected chi connectivity index (χ4v) is 3.65. The summed E-state index contributed by atoms with van der Waals surface area (Å²) in [6.45, 7) is 6.78. The molecule has 3 heteroatoms. The lowest BCUT2D eigenvalue weighted by Gasteiger charge is -2.39. The van der Waals surface area contributed by atoms with E-state index >= 15 is 0 Å². The molecule has 0 bridgehead atoms. The topological polar surface area (TPSA) is 18.5 Å². The maximum absolute atomic E-state index is 3.66. The first-order chi connectivity index (χ1) is 9.65. The maximum Gasteiger partial charge on any atom is 0.0397 e. The normalized spacial score (nSPS) is 26.9. The van der Waals surface area contributed by atoms with Gasteiger partial charge < -0.3 is 4.90 Å². The minimum Gasteiger partial charge on any atom is -0.374 e. The van der Waals surface area contributed by atoms with Crippen molar-refractivity contribution in [1.29, 1.82) is 0 Å². The van der Waals surface area contributed by atoms with Gasteiger partial charge in [-0.2, -0.15) is 0 Å². The Morgan fingerprint density at radius 3 is 2.70 bits per heavy atom. The summed E-state index contributed by atoms with van der Waals surface area (Å²) < 4.78 is 0. The molecule has 0 aliphatic carbocycles. The van der Waals surface area contributed by atoms with Gasteiger partial charge in [0.2, 0.25) is 0 Å². The Kier molecular flexibility index (Phi) is 3.99. The van der Waals surface area contributed by atoms with Crippen LogP contribution >= 0.6 is 0 Å². The Morgan fingerprint density at radius 2 is 1.95 bits per heavy atom. The van der Waals surface area contributed by atoms with E-state index in [1.54, 1.807) is 0 Å². The lowest BCUT2D eigenvalue weighted by atomic mass is 10.00. The highest BCUT2D eigenvalue weighted by atomic mass is 15.5. The van der Waals surface area contributed by atoms with Crippen LogP contribution in [-0.2, 0) is 13.0 Å². The van der Waals surface area contributed by atoms with E-state index in [1.807, 2.05) is 0 Å². The molecule has 110 valence electrons. The van der Waals surface area contributed by atoms with Crippen molar-refractivity contribution in [2.75, 3.05) is 18.5 Å². The molecular formula is C17H27N3. The van der Waals surface area contributed by atoms with E-state index in [0.29, 0.717) is 12.1 Å². The highest BCUT2D eigenvalue weighted by Crippen LogP contribution is 2.27. The molecule has 0 saturated carbocycles. The van der Waals surface area contributed by atoms with Crippen LogP contribution in [0.2, 0.25) is 0 Å². The second kappa shape index (κ2) is 5.74. The standard InChI is InChI=1S/C17H27N3/c1-13-5-4-6-14(2)20(13)18-12-15-7-8-17-16(11-15)9-10-19(17)3/h7-8,11,13-14,18H,4-6,9-10,12H2,1-3H3. The van der Waals surface area contributed by atoms with Crippen LogP contribution in [-0.4, -0.2) is 30.7 Å². The molecule has 2 aliphatic heterocycles. The zero-order valence-electron chi connectivity index (χ0n) is 13.0. The monoisotopic (exact) mass is 273 g/mol. The van der Waals surface area contributed by atoms with E-state index < -0.39 is 0 Å². The first kappa shape index (κ1) is 13.9. The van der Waals surface area contributed by atoms with Crippen molar-refractivity contribution in [3.63, 3.8) is 0 Å². The summed E-state index contributed by atoms with van der Waals surface area (Å²) in [5.74, 6) is 0. The van der Waals surface area contributed by atoms with Crippen LogP contribution in [0.4, 0.5) is 5.69 Å². The van der Waals surface area contributed by atoms with Crippen molar-refractivity contribution in [1.82, 2.24) is 10.4 Å². The third-order valence-electron chi connectivity index (χ3n) is 4.93. The Bertz CT molecular complexity index is 461. The summed E-state index contributed by atoms with van der Waals surface area (Å²) in [5.41, 5.74) is 7.98. The molecule has 2 unspecified atom stereocenters. The van der Waals surface area contributed by atoms with Gasteiger partial charge in [0.1, 0.15) is 0 Å². The third kappa shape index (κ3) is 2.70. The molecule has 1 N–H and O–H groups in total. The number of benzene rings is 1. The van der Waals surface area contributed by atoms with Crippen LogP contribution in [0, 0.1) is 0 Å². The zero-order chi connectivity index (χ0) is 14.1. The molecule has 0 aromatic heterocycles. The van der Waals surface area contributed by atoms with Crippen molar-refractivity contribution in [2.45, 2.75) is 58.2 Å². The summed E-state index contributed by atoms with van der Waals surface area (Å²) in [4.78, 5) is 2.35. The van der Waals surface area contributed by atoms with E-state index in [1.165, 1.54) is 42.5 Å². The molecular weight excluding hydrogens is 246 g/mol. The SMILES string of the molecule is CC1CCCC(C)N1NCc1ccc2c(c1)CCN2C. The molecule has 2 atom stereocenters.